The summed E-state index contributed by atoms with van der Waals surface area (Å²) >= 11 is 0. The molecule has 0 aliphatic rings. The number of hydrogen-bond donors (Lipinski definition) is 0. The van der Waals surface area contributed by atoms with E-state index in [1.54, 1.807) is 13.8 Å². The predicted molar refractivity (Wildman–Crippen MR) is 177 cm³/mol. The number of ketones is 2. The van der Waals surface area contributed by atoms with Gasteiger partial charge >= 0.3 is 13.1 Å². The van der Waals surface area contributed by atoms with E-state index in [1.165, 1.54) is 0 Å². The SMILES string of the molecule is C=C(C)C(=O)C(CCC)OC(OCCCC)(C(OCCCC)OCCCC)P(=O)(OCCCC)OC(CCC)C(=O)C(=C)C. The van der Waals surface area contributed by atoms with Crippen LogP contribution in [0.3, 0.4) is 0 Å². The van der Waals surface area contributed by atoms with Crippen molar-refractivity contribution >= 4 is 19.2 Å². The molecule has 4 unspecified atom stereocenters. The van der Waals surface area contributed by atoms with Crippen LogP contribution in [-0.2, 0) is 42.1 Å². The highest BCUT2D eigenvalue weighted by Crippen LogP contribution is 2.65. The molecular weight excluding hydrogens is 583 g/mol. The molecule has 44 heavy (non-hydrogen) atoms. The summed E-state index contributed by atoms with van der Waals surface area (Å²) < 4.78 is 53.9. The Balaban J connectivity index is 7.68. The van der Waals surface area contributed by atoms with Crippen LogP contribution in [0.2, 0.25) is 0 Å². The molecule has 0 rings (SSSR count). The van der Waals surface area contributed by atoms with Crippen molar-refractivity contribution in [1.82, 2.24) is 0 Å². The van der Waals surface area contributed by atoms with Gasteiger partial charge in [-0.1, -0.05) is 93.2 Å². The van der Waals surface area contributed by atoms with Crippen molar-refractivity contribution in [3.05, 3.63) is 24.3 Å². The van der Waals surface area contributed by atoms with Crippen LogP contribution < -0.4 is 0 Å². The molecule has 258 valence electrons. The Morgan fingerprint density at radius 3 is 1.55 bits per heavy atom. The lowest BCUT2D eigenvalue weighted by Gasteiger charge is -2.44. The molecule has 0 aromatic heterocycles. The number of unbranched alkanes of at least 4 members (excludes halogenated alkanes) is 4. The number of carbonyl (C=O) groups excluding carboxylic acids is 2. The summed E-state index contributed by atoms with van der Waals surface area (Å²) in [7, 11) is -4.65. The van der Waals surface area contributed by atoms with Gasteiger partial charge in [0.05, 0.1) is 13.2 Å². The van der Waals surface area contributed by atoms with Crippen molar-refractivity contribution < 1.29 is 42.1 Å². The summed E-state index contributed by atoms with van der Waals surface area (Å²) in [5.41, 5.74) is -1.77. The Labute approximate surface area is 268 Å². The van der Waals surface area contributed by atoms with Crippen LogP contribution in [0.4, 0.5) is 0 Å². The normalized spacial score (nSPS) is 15.8. The van der Waals surface area contributed by atoms with Crippen LogP contribution in [-0.4, -0.2) is 62.0 Å². The minimum atomic E-state index is -4.65. The van der Waals surface area contributed by atoms with Crippen LogP contribution >= 0.6 is 7.60 Å². The molecule has 0 heterocycles. The molecule has 0 aromatic carbocycles. The van der Waals surface area contributed by atoms with Gasteiger partial charge in [0.15, 0.2) is 11.6 Å². The van der Waals surface area contributed by atoms with Gasteiger partial charge in [0.2, 0.25) is 6.29 Å². The number of Topliss-reactive ketones (excluding diaryl/α,β-unsaturated/α-hetero) is 2. The van der Waals surface area contributed by atoms with E-state index < -0.39 is 37.4 Å². The van der Waals surface area contributed by atoms with E-state index in [-0.39, 0.29) is 49.8 Å². The Hall–Kier alpha value is -1.19. The van der Waals surface area contributed by atoms with Gasteiger partial charge in [0, 0.05) is 13.2 Å². The summed E-state index contributed by atoms with van der Waals surface area (Å²) in [6, 6.07) is 0. The summed E-state index contributed by atoms with van der Waals surface area (Å²) in [6.45, 7) is 23.4. The third kappa shape index (κ3) is 14.1. The molecule has 9 nitrogen and oxygen atoms in total. The van der Waals surface area contributed by atoms with Gasteiger partial charge in [-0.3, -0.25) is 18.7 Å². The Morgan fingerprint density at radius 2 is 1.09 bits per heavy atom. The zero-order valence-corrected chi connectivity index (χ0v) is 30.0. The largest absolute Gasteiger partial charge is 0.396 e. The zero-order chi connectivity index (χ0) is 33.6. The molecule has 0 aliphatic carbocycles. The van der Waals surface area contributed by atoms with Crippen LogP contribution in [0, 0.1) is 0 Å². The Morgan fingerprint density at radius 1 is 0.659 bits per heavy atom. The van der Waals surface area contributed by atoms with Crippen LogP contribution in [0.25, 0.3) is 0 Å². The lowest BCUT2D eigenvalue weighted by Crippen LogP contribution is -2.54. The Bertz CT molecular complexity index is 880. The second-order valence-corrected chi connectivity index (χ2v) is 13.5. The number of ether oxygens (including phenoxy) is 4. The average Bonchev–Trinajstić information content (AvgIpc) is 2.98. The molecule has 0 radical (unpaired) electrons. The molecule has 0 spiro atoms. The van der Waals surface area contributed by atoms with Gasteiger partial charge in [-0.05, 0) is 63.5 Å². The van der Waals surface area contributed by atoms with Crippen LogP contribution in [0.5, 0.6) is 0 Å². The first-order valence-electron chi connectivity index (χ1n) is 16.8. The standard InChI is InChI=1S/C34H63O9P/c1-11-17-23-38-33(39-24-18-12-2)34(40-25-19-13-3,42-29(21-15-5)31(35)27(7)8)44(37,41-26-20-14-4)43-30(22-16-6)32(36)28(9)10/h29-30,33H,7,9,11-26H2,1-6,8,10H3. The van der Waals surface area contributed by atoms with Gasteiger partial charge in [0.25, 0.3) is 0 Å². The zero-order valence-electron chi connectivity index (χ0n) is 29.1. The van der Waals surface area contributed by atoms with Crippen molar-refractivity contribution in [3.63, 3.8) is 0 Å². The lowest BCUT2D eigenvalue weighted by molar-refractivity contribution is -0.328. The van der Waals surface area contributed by atoms with Gasteiger partial charge < -0.3 is 23.5 Å². The lowest BCUT2D eigenvalue weighted by atomic mass is 10.1. The molecule has 0 saturated carbocycles. The van der Waals surface area contributed by atoms with Gasteiger partial charge in [-0.15, -0.1) is 0 Å². The minimum Gasteiger partial charge on any atom is -0.347 e. The van der Waals surface area contributed by atoms with Crippen molar-refractivity contribution in [2.45, 2.75) is 156 Å². The van der Waals surface area contributed by atoms with Crippen LogP contribution in [0.1, 0.15) is 132 Å². The van der Waals surface area contributed by atoms with Crippen LogP contribution in [0.15, 0.2) is 24.3 Å². The minimum absolute atomic E-state index is 0.0413. The van der Waals surface area contributed by atoms with Crippen molar-refractivity contribution in [1.29, 1.82) is 0 Å². The highest BCUT2D eigenvalue weighted by atomic mass is 31.2. The molecule has 0 N–H and O–H groups in total. The first-order valence-corrected chi connectivity index (χ1v) is 18.4. The molecule has 0 aromatic rings. The number of rotatable bonds is 30. The van der Waals surface area contributed by atoms with Gasteiger partial charge in [-0.25, -0.2) is 0 Å². The topological polar surface area (TPSA) is 107 Å². The first kappa shape index (κ1) is 42.8. The van der Waals surface area contributed by atoms with Crippen molar-refractivity contribution in [2.75, 3.05) is 26.4 Å². The predicted octanol–water partition coefficient (Wildman–Crippen LogP) is 9.09. The third-order valence-corrected chi connectivity index (χ3v) is 9.15. The summed E-state index contributed by atoms with van der Waals surface area (Å²) in [5.74, 6) is -0.758. The molecule has 0 bridgehead atoms. The molecule has 0 aliphatic heterocycles. The van der Waals surface area contributed by atoms with Crippen molar-refractivity contribution in [2.24, 2.45) is 0 Å². The fraction of sp³-hybridized carbons (Fsp3) is 0.824. The van der Waals surface area contributed by atoms with Gasteiger partial charge in [0.1, 0.15) is 12.2 Å². The molecule has 10 heteroatoms. The fourth-order valence-corrected chi connectivity index (χ4v) is 6.37. The van der Waals surface area contributed by atoms with Gasteiger partial charge in [-0.2, -0.15) is 0 Å². The van der Waals surface area contributed by atoms with E-state index in [0.29, 0.717) is 44.9 Å². The van der Waals surface area contributed by atoms with E-state index >= 15 is 4.57 Å². The monoisotopic (exact) mass is 646 g/mol. The molecule has 4 atom stereocenters. The molecule has 0 saturated heterocycles. The van der Waals surface area contributed by atoms with E-state index in [1.807, 2.05) is 41.5 Å². The van der Waals surface area contributed by atoms with E-state index in [2.05, 4.69) is 13.2 Å². The van der Waals surface area contributed by atoms with E-state index in [9.17, 15) is 9.59 Å². The van der Waals surface area contributed by atoms with E-state index in [4.69, 9.17) is 28.0 Å². The second-order valence-electron chi connectivity index (χ2n) is 11.4. The highest BCUT2D eigenvalue weighted by molar-refractivity contribution is 7.55. The summed E-state index contributed by atoms with van der Waals surface area (Å²) in [4.78, 5) is 26.8. The third-order valence-electron chi connectivity index (χ3n) is 6.88. The Kier molecular flexibility index (Phi) is 23.4. The number of carbonyl (C=O) groups is 2. The highest BCUT2D eigenvalue weighted by Gasteiger charge is 2.64. The second kappa shape index (κ2) is 24.0. The van der Waals surface area contributed by atoms with E-state index in [0.717, 1.165) is 25.7 Å². The molecule has 0 amide bonds. The van der Waals surface area contributed by atoms with Crippen molar-refractivity contribution in [3.8, 4) is 0 Å². The average molecular weight is 647 g/mol. The summed E-state index contributed by atoms with van der Waals surface area (Å²) in [5, 5.41) is 0. The summed E-state index contributed by atoms with van der Waals surface area (Å²) in [6.07, 6.45) is 3.82. The molecular formula is C34H63O9P. The quantitative estimate of drug-likeness (QED) is 0.0327. The number of hydrogen-bond acceptors (Lipinski definition) is 9. The first-order chi connectivity index (χ1) is 20.9. The molecule has 0 fully saturated rings. The fourth-order valence-electron chi connectivity index (χ4n) is 4.16. The smallest absolute Gasteiger partial charge is 0.347 e. The maximum Gasteiger partial charge on any atom is 0.396 e. The maximum atomic E-state index is 15.6. The maximum absolute atomic E-state index is 15.6.